The van der Waals surface area contributed by atoms with Crippen LogP contribution in [0, 0.1) is 0 Å². The maximum atomic E-state index is 13.4. The third-order valence-electron chi connectivity index (χ3n) is 4.41. The molecule has 3 rings (SSSR count). The lowest BCUT2D eigenvalue weighted by Gasteiger charge is -2.26. The normalized spacial score (nSPS) is 13.0. The first-order valence-electron chi connectivity index (χ1n) is 8.28. The van der Waals surface area contributed by atoms with Gasteiger partial charge in [-0.25, -0.2) is 8.42 Å². The first-order chi connectivity index (χ1) is 12.8. The molecule has 0 aliphatic carbocycles. The number of halogens is 1. The van der Waals surface area contributed by atoms with Crippen molar-refractivity contribution in [1.29, 1.82) is 0 Å². The minimum absolute atomic E-state index is 0.0701. The smallest absolute Gasteiger partial charge is 0.321 e. The second-order valence-corrected chi connectivity index (χ2v) is 8.40. The summed E-state index contributed by atoms with van der Waals surface area (Å²) in [6.45, 7) is 1.21. The van der Waals surface area contributed by atoms with Crippen LogP contribution in [0.5, 0.6) is 0 Å². The summed E-state index contributed by atoms with van der Waals surface area (Å²) < 4.78 is 27.8. The minimum atomic E-state index is -4.09. The highest BCUT2D eigenvalue weighted by Crippen LogP contribution is 2.29. The summed E-state index contributed by atoms with van der Waals surface area (Å²) in [7, 11) is -4.09. The maximum absolute atomic E-state index is 13.4. The first-order valence-corrected chi connectivity index (χ1v) is 10.1. The third kappa shape index (κ3) is 3.83. The molecule has 3 aromatic rings. The number of hydrogen-bond donors (Lipinski definition) is 1. The second-order valence-electron chi connectivity index (χ2n) is 6.13. The number of rotatable bonds is 6. The fraction of sp³-hybridized carbons (Fsp3) is 0.150. The molecule has 0 fully saturated rings. The summed E-state index contributed by atoms with van der Waals surface area (Å²) >= 11 is 6.17. The predicted octanol–water partition coefficient (Wildman–Crippen LogP) is 4.16. The summed E-state index contributed by atoms with van der Waals surface area (Å²) in [6.07, 6.45) is 0. The minimum Gasteiger partial charge on any atom is -0.480 e. The molecule has 3 aromatic carbocycles. The molecule has 1 atom stereocenters. The van der Waals surface area contributed by atoms with Gasteiger partial charge in [-0.2, -0.15) is 4.31 Å². The van der Waals surface area contributed by atoms with Gasteiger partial charge in [-0.15, -0.1) is 0 Å². The Kier molecular flexibility index (Phi) is 5.51. The predicted molar refractivity (Wildman–Crippen MR) is 105 cm³/mol. The van der Waals surface area contributed by atoms with Crippen LogP contribution in [0.4, 0.5) is 0 Å². The molecule has 0 aliphatic rings. The summed E-state index contributed by atoms with van der Waals surface area (Å²) in [4.78, 5) is 11.7. The lowest BCUT2D eigenvalue weighted by Crippen LogP contribution is -2.42. The van der Waals surface area contributed by atoms with Crippen molar-refractivity contribution in [3.8, 4) is 0 Å². The summed E-state index contributed by atoms with van der Waals surface area (Å²) in [5, 5.41) is 11.2. The standard InChI is InChI=1S/C20H18ClNO4S/c1-14(20(23)24)22(13-16-8-3-5-11-18(16)21)27(25,26)19-12-6-9-15-7-2-4-10-17(15)19/h2-12,14H,13H2,1H3,(H,23,24). The van der Waals surface area contributed by atoms with Gasteiger partial charge in [0, 0.05) is 17.0 Å². The number of fused-ring (bicyclic) bond motifs is 1. The molecule has 0 aliphatic heterocycles. The van der Waals surface area contributed by atoms with Crippen molar-refractivity contribution < 1.29 is 18.3 Å². The molecule has 5 nitrogen and oxygen atoms in total. The number of aliphatic carboxylic acids is 1. The van der Waals surface area contributed by atoms with Gasteiger partial charge in [0.05, 0.1) is 4.90 Å². The monoisotopic (exact) mass is 403 g/mol. The van der Waals surface area contributed by atoms with Crippen molar-refractivity contribution in [2.24, 2.45) is 0 Å². The second kappa shape index (κ2) is 7.68. The van der Waals surface area contributed by atoms with Crippen LogP contribution in [0.25, 0.3) is 10.8 Å². The van der Waals surface area contributed by atoms with Gasteiger partial charge in [-0.05, 0) is 30.0 Å². The van der Waals surface area contributed by atoms with E-state index in [0.29, 0.717) is 16.0 Å². The van der Waals surface area contributed by atoms with Gasteiger partial charge in [0.1, 0.15) is 6.04 Å². The molecule has 0 aromatic heterocycles. The summed E-state index contributed by atoms with van der Waals surface area (Å²) in [6, 6.07) is 17.6. The van der Waals surface area contributed by atoms with Gasteiger partial charge < -0.3 is 5.11 Å². The molecule has 0 spiro atoms. The fourth-order valence-corrected chi connectivity index (χ4v) is 4.87. The van der Waals surface area contributed by atoms with Crippen molar-refractivity contribution in [2.45, 2.75) is 24.4 Å². The molecule has 0 heterocycles. The quantitative estimate of drug-likeness (QED) is 0.670. The number of carboxylic acid groups (broad SMARTS) is 1. The van der Waals surface area contributed by atoms with Crippen LogP contribution in [-0.2, 0) is 21.4 Å². The molecule has 7 heteroatoms. The third-order valence-corrected chi connectivity index (χ3v) is 6.75. The summed E-state index contributed by atoms with van der Waals surface area (Å²) in [5.41, 5.74) is 0.538. The Bertz CT molecular complexity index is 1090. The van der Waals surface area contributed by atoms with Crippen LogP contribution in [0.3, 0.4) is 0 Å². The molecule has 1 unspecified atom stereocenters. The zero-order chi connectivity index (χ0) is 19.6. The average molecular weight is 404 g/mol. The van der Waals surface area contributed by atoms with Gasteiger partial charge in [0.15, 0.2) is 0 Å². The van der Waals surface area contributed by atoms with E-state index in [0.717, 1.165) is 9.69 Å². The van der Waals surface area contributed by atoms with Gasteiger partial charge in [-0.3, -0.25) is 4.79 Å². The lowest BCUT2D eigenvalue weighted by atomic mass is 10.1. The first kappa shape index (κ1) is 19.4. The van der Waals surface area contributed by atoms with E-state index in [1.54, 1.807) is 42.5 Å². The van der Waals surface area contributed by atoms with Crippen molar-refractivity contribution in [1.82, 2.24) is 4.31 Å². The van der Waals surface area contributed by atoms with E-state index >= 15 is 0 Å². The van der Waals surface area contributed by atoms with Crippen LogP contribution in [0.2, 0.25) is 5.02 Å². The Balaban J connectivity index is 2.15. The molecular formula is C20H18ClNO4S. The van der Waals surface area contributed by atoms with Crippen molar-refractivity contribution in [3.05, 3.63) is 77.3 Å². The van der Waals surface area contributed by atoms with Gasteiger partial charge in [0.25, 0.3) is 0 Å². The highest BCUT2D eigenvalue weighted by molar-refractivity contribution is 7.89. The van der Waals surface area contributed by atoms with Gasteiger partial charge >= 0.3 is 5.97 Å². The SMILES string of the molecule is CC(C(=O)O)N(Cc1ccccc1Cl)S(=O)(=O)c1cccc2ccccc12. The Hall–Kier alpha value is -2.41. The van der Waals surface area contributed by atoms with Crippen LogP contribution >= 0.6 is 11.6 Å². The van der Waals surface area contributed by atoms with Crippen molar-refractivity contribution in [2.75, 3.05) is 0 Å². The Morgan fingerprint density at radius 1 is 1.04 bits per heavy atom. The molecule has 0 radical (unpaired) electrons. The van der Waals surface area contributed by atoms with E-state index in [4.69, 9.17) is 11.6 Å². The largest absolute Gasteiger partial charge is 0.480 e. The zero-order valence-corrected chi connectivity index (χ0v) is 16.1. The topological polar surface area (TPSA) is 74.7 Å². The number of benzene rings is 3. The molecule has 0 amide bonds. The number of hydrogen-bond acceptors (Lipinski definition) is 3. The molecule has 1 N–H and O–H groups in total. The van der Waals surface area contributed by atoms with E-state index in [2.05, 4.69) is 0 Å². The molecule has 0 bridgehead atoms. The van der Waals surface area contributed by atoms with Gasteiger partial charge in [0.2, 0.25) is 10.0 Å². The van der Waals surface area contributed by atoms with Crippen molar-refractivity contribution >= 4 is 38.4 Å². The number of carbonyl (C=O) groups is 1. The van der Waals surface area contributed by atoms with E-state index in [1.807, 2.05) is 18.2 Å². The average Bonchev–Trinajstić information content (AvgIpc) is 2.66. The number of carboxylic acids is 1. The van der Waals surface area contributed by atoms with E-state index in [-0.39, 0.29) is 11.4 Å². The number of nitrogens with zero attached hydrogens (tertiary/aromatic N) is 1. The molecule has 140 valence electrons. The van der Waals surface area contributed by atoms with Crippen LogP contribution < -0.4 is 0 Å². The molecule has 0 saturated carbocycles. The van der Waals surface area contributed by atoms with Crippen LogP contribution in [0.1, 0.15) is 12.5 Å². The highest BCUT2D eigenvalue weighted by atomic mass is 35.5. The molecule has 0 saturated heterocycles. The summed E-state index contributed by atoms with van der Waals surface area (Å²) in [5.74, 6) is -1.23. The van der Waals surface area contributed by atoms with E-state index in [9.17, 15) is 18.3 Å². The maximum Gasteiger partial charge on any atom is 0.321 e. The Morgan fingerprint density at radius 2 is 1.67 bits per heavy atom. The fourth-order valence-electron chi connectivity index (χ4n) is 2.89. The highest BCUT2D eigenvalue weighted by Gasteiger charge is 2.34. The zero-order valence-electron chi connectivity index (χ0n) is 14.5. The van der Waals surface area contributed by atoms with E-state index < -0.39 is 22.0 Å². The van der Waals surface area contributed by atoms with Gasteiger partial charge in [-0.1, -0.05) is 66.2 Å². The number of sulfonamides is 1. The van der Waals surface area contributed by atoms with E-state index in [1.165, 1.54) is 13.0 Å². The Morgan fingerprint density at radius 3 is 2.37 bits per heavy atom. The molecule has 27 heavy (non-hydrogen) atoms. The lowest BCUT2D eigenvalue weighted by molar-refractivity contribution is -0.141. The van der Waals surface area contributed by atoms with Crippen LogP contribution in [0.15, 0.2) is 71.6 Å². The van der Waals surface area contributed by atoms with Crippen molar-refractivity contribution in [3.63, 3.8) is 0 Å². The Labute approximate surface area is 162 Å². The molecular weight excluding hydrogens is 386 g/mol. The van der Waals surface area contributed by atoms with Crippen LogP contribution in [-0.4, -0.2) is 29.8 Å².